The number of azo groups is 1. The molecule has 1 aliphatic rings. The van der Waals surface area contributed by atoms with Gasteiger partial charge in [0.05, 0.1) is 29.3 Å². The number of aliphatic hydroxyl groups is 2. The van der Waals surface area contributed by atoms with Gasteiger partial charge < -0.3 is 20.4 Å². The Balaban J connectivity index is 1.74. The molecule has 0 aliphatic heterocycles. The molecule has 1 aromatic heterocycles. The highest BCUT2D eigenvalue weighted by Crippen LogP contribution is 2.42. The quantitative estimate of drug-likeness (QED) is 0.310. The van der Waals surface area contributed by atoms with Crippen LogP contribution in [0.5, 0.6) is 0 Å². The highest BCUT2D eigenvalue weighted by Gasteiger charge is 2.35. The van der Waals surface area contributed by atoms with E-state index >= 15 is 0 Å². The lowest BCUT2D eigenvalue weighted by Crippen LogP contribution is -2.29. The van der Waals surface area contributed by atoms with Gasteiger partial charge in [0.1, 0.15) is 17.3 Å². The number of carbonyl (C=O) groups is 3. The topological polar surface area (TPSA) is 155 Å². The number of benzene rings is 2. The highest BCUT2D eigenvalue weighted by molar-refractivity contribution is 7.18. The van der Waals surface area contributed by atoms with Crippen molar-refractivity contribution < 1.29 is 24.6 Å². The van der Waals surface area contributed by atoms with Crippen molar-refractivity contribution in [3.05, 3.63) is 69.6 Å². The van der Waals surface area contributed by atoms with Gasteiger partial charge in [-0.2, -0.15) is 5.26 Å². The van der Waals surface area contributed by atoms with Crippen LogP contribution in [0.3, 0.4) is 0 Å². The van der Waals surface area contributed by atoms with Crippen molar-refractivity contribution in [2.24, 2.45) is 10.2 Å². The molecular weight excluding hydrogens is 482 g/mol. The zero-order valence-electron chi connectivity index (χ0n) is 19.2. The standard InChI is InChI=1S/C25H21N5O5S/c1-14(33)27-20-12-15(30(8-10-31)9-11-32)6-7-19(20)28-29-25-18(13-26)21-22(34)16-4-2-3-5-17(16)23(35)24(21)36-25/h2-7,12,31-32H,8-11H2,1H3,(H,27,33). The molecule has 3 N–H and O–H groups in total. The molecule has 1 aliphatic carbocycles. The second kappa shape index (κ2) is 10.6. The van der Waals surface area contributed by atoms with Crippen LogP contribution in [0, 0.1) is 11.3 Å². The van der Waals surface area contributed by atoms with Gasteiger partial charge in [-0.15, -0.1) is 21.6 Å². The minimum atomic E-state index is -0.411. The first kappa shape index (κ1) is 24.9. The van der Waals surface area contributed by atoms with Crippen LogP contribution in [-0.4, -0.2) is 54.0 Å². The average Bonchev–Trinajstić information content (AvgIpc) is 3.25. The number of fused-ring (bicyclic) bond motifs is 2. The molecule has 0 saturated heterocycles. The summed E-state index contributed by atoms with van der Waals surface area (Å²) in [6, 6.07) is 13.4. The summed E-state index contributed by atoms with van der Waals surface area (Å²) < 4.78 is 0. The van der Waals surface area contributed by atoms with Crippen molar-refractivity contribution in [1.29, 1.82) is 5.26 Å². The Hall–Kier alpha value is -4.24. The van der Waals surface area contributed by atoms with Crippen molar-refractivity contribution in [3.63, 3.8) is 0 Å². The summed E-state index contributed by atoms with van der Waals surface area (Å²) in [7, 11) is 0. The van der Waals surface area contributed by atoms with E-state index in [1.807, 2.05) is 6.07 Å². The molecule has 1 amide bonds. The third kappa shape index (κ3) is 4.65. The minimum absolute atomic E-state index is 0.0265. The van der Waals surface area contributed by atoms with E-state index < -0.39 is 5.78 Å². The number of nitriles is 1. The first-order chi connectivity index (χ1) is 17.4. The largest absolute Gasteiger partial charge is 0.395 e. The number of anilines is 2. The van der Waals surface area contributed by atoms with Crippen molar-refractivity contribution in [1.82, 2.24) is 0 Å². The predicted molar refractivity (Wildman–Crippen MR) is 134 cm³/mol. The molecule has 182 valence electrons. The molecule has 2 aromatic carbocycles. The van der Waals surface area contributed by atoms with E-state index in [-0.39, 0.29) is 75.8 Å². The lowest BCUT2D eigenvalue weighted by Gasteiger charge is -2.23. The van der Waals surface area contributed by atoms with Crippen LogP contribution in [0.2, 0.25) is 0 Å². The number of hydrogen-bond acceptors (Lipinski definition) is 10. The van der Waals surface area contributed by atoms with E-state index in [1.165, 1.54) is 6.92 Å². The third-order valence-electron chi connectivity index (χ3n) is 5.50. The first-order valence-corrected chi connectivity index (χ1v) is 11.8. The average molecular weight is 504 g/mol. The normalized spacial score (nSPS) is 12.3. The van der Waals surface area contributed by atoms with E-state index in [0.717, 1.165) is 11.3 Å². The maximum atomic E-state index is 13.0. The van der Waals surface area contributed by atoms with Crippen LogP contribution in [-0.2, 0) is 4.79 Å². The number of rotatable bonds is 8. The number of amides is 1. The molecule has 0 radical (unpaired) electrons. The molecule has 0 atom stereocenters. The Labute approximate surface area is 210 Å². The second-order valence-electron chi connectivity index (χ2n) is 7.82. The monoisotopic (exact) mass is 503 g/mol. The summed E-state index contributed by atoms with van der Waals surface area (Å²) in [6.07, 6.45) is 0. The van der Waals surface area contributed by atoms with Crippen molar-refractivity contribution in [2.75, 3.05) is 36.5 Å². The molecule has 10 nitrogen and oxygen atoms in total. The van der Waals surface area contributed by atoms with Crippen molar-refractivity contribution in [3.8, 4) is 6.07 Å². The van der Waals surface area contributed by atoms with Gasteiger partial charge in [-0.3, -0.25) is 14.4 Å². The fourth-order valence-electron chi connectivity index (χ4n) is 3.91. The molecule has 0 saturated carbocycles. The number of nitrogens with zero attached hydrogens (tertiary/aromatic N) is 4. The summed E-state index contributed by atoms with van der Waals surface area (Å²) in [5.74, 6) is -1.11. The lowest BCUT2D eigenvalue weighted by atomic mass is 9.87. The van der Waals surface area contributed by atoms with Crippen LogP contribution in [0.15, 0.2) is 52.7 Å². The van der Waals surface area contributed by atoms with Gasteiger partial charge in [-0.25, -0.2) is 0 Å². The molecule has 11 heteroatoms. The molecule has 4 rings (SSSR count). The summed E-state index contributed by atoms with van der Waals surface area (Å²) in [5.41, 5.74) is 1.76. The molecule has 0 fully saturated rings. The lowest BCUT2D eigenvalue weighted by molar-refractivity contribution is -0.114. The van der Waals surface area contributed by atoms with Crippen LogP contribution in [0.25, 0.3) is 0 Å². The van der Waals surface area contributed by atoms with Gasteiger partial charge in [0, 0.05) is 36.8 Å². The van der Waals surface area contributed by atoms with E-state index in [2.05, 4.69) is 15.5 Å². The fourth-order valence-corrected chi connectivity index (χ4v) is 4.94. The van der Waals surface area contributed by atoms with Gasteiger partial charge in [0.2, 0.25) is 11.7 Å². The van der Waals surface area contributed by atoms with Gasteiger partial charge in [0.25, 0.3) is 0 Å². The first-order valence-electron chi connectivity index (χ1n) is 10.9. The number of nitrogens with one attached hydrogen (secondary N) is 1. The Morgan fingerprint density at radius 1 is 1.06 bits per heavy atom. The van der Waals surface area contributed by atoms with Crippen LogP contribution < -0.4 is 10.2 Å². The SMILES string of the molecule is CC(=O)Nc1cc(N(CCO)CCO)ccc1N=Nc1sc2c(c1C#N)C(=O)c1ccccc1C2=O. The predicted octanol–water partition coefficient (Wildman–Crippen LogP) is 3.56. The Bertz CT molecular complexity index is 1430. The van der Waals surface area contributed by atoms with Crippen LogP contribution in [0.1, 0.15) is 43.6 Å². The van der Waals surface area contributed by atoms with E-state index in [9.17, 15) is 29.9 Å². The Morgan fingerprint density at radius 3 is 2.33 bits per heavy atom. The summed E-state index contributed by atoms with van der Waals surface area (Å²) in [6.45, 7) is 1.63. The summed E-state index contributed by atoms with van der Waals surface area (Å²) in [5, 5.41) is 39.6. The number of hydrogen-bond donors (Lipinski definition) is 3. The summed E-state index contributed by atoms with van der Waals surface area (Å²) >= 11 is 0.918. The van der Waals surface area contributed by atoms with E-state index in [0.29, 0.717) is 11.4 Å². The number of aliphatic hydroxyl groups excluding tert-OH is 2. The maximum Gasteiger partial charge on any atom is 0.221 e. The molecule has 1 heterocycles. The molecule has 36 heavy (non-hydrogen) atoms. The van der Waals surface area contributed by atoms with E-state index in [4.69, 9.17) is 0 Å². The zero-order chi connectivity index (χ0) is 25.8. The number of thiophene rings is 1. The Morgan fingerprint density at radius 2 is 1.72 bits per heavy atom. The number of carbonyl (C=O) groups excluding carboxylic acids is 3. The molecular formula is C25H21N5O5S. The van der Waals surface area contributed by atoms with Gasteiger partial charge in [-0.05, 0) is 18.2 Å². The van der Waals surface area contributed by atoms with Crippen LogP contribution in [0.4, 0.5) is 22.1 Å². The number of ketones is 2. The zero-order valence-corrected chi connectivity index (χ0v) is 20.0. The van der Waals surface area contributed by atoms with Gasteiger partial charge in [-0.1, -0.05) is 24.3 Å². The van der Waals surface area contributed by atoms with Gasteiger partial charge in [0.15, 0.2) is 10.8 Å². The van der Waals surface area contributed by atoms with Crippen molar-refractivity contribution in [2.45, 2.75) is 6.92 Å². The smallest absolute Gasteiger partial charge is 0.221 e. The second-order valence-corrected chi connectivity index (χ2v) is 8.82. The minimum Gasteiger partial charge on any atom is -0.395 e. The molecule has 0 spiro atoms. The highest BCUT2D eigenvalue weighted by atomic mass is 32.1. The molecule has 0 unspecified atom stereocenters. The molecule has 0 bridgehead atoms. The molecule has 3 aromatic rings. The van der Waals surface area contributed by atoms with Crippen LogP contribution >= 0.6 is 11.3 Å². The van der Waals surface area contributed by atoms with Gasteiger partial charge >= 0.3 is 0 Å². The van der Waals surface area contributed by atoms with E-state index in [1.54, 1.807) is 47.4 Å². The van der Waals surface area contributed by atoms with Crippen molar-refractivity contribution >= 4 is 50.9 Å². The third-order valence-corrected chi connectivity index (χ3v) is 6.57. The Kier molecular flexibility index (Phi) is 7.30. The summed E-state index contributed by atoms with van der Waals surface area (Å²) in [4.78, 5) is 39.7. The fraction of sp³-hybridized carbons (Fsp3) is 0.200. The maximum absolute atomic E-state index is 13.0.